The van der Waals surface area contributed by atoms with Crippen molar-refractivity contribution in [3.63, 3.8) is 0 Å². The molecule has 0 N–H and O–H groups in total. The van der Waals surface area contributed by atoms with Crippen molar-refractivity contribution >= 4 is 17.1 Å². The molecular weight excluding hydrogens is 855 g/mol. The van der Waals surface area contributed by atoms with Crippen LogP contribution in [-0.2, 0) is 16.2 Å². The maximum absolute atomic E-state index is 2.70. The van der Waals surface area contributed by atoms with E-state index in [0.717, 1.165) is 11.8 Å². The summed E-state index contributed by atoms with van der Waals surface area (Å²) in [5.74, 6) is 3.12. The summed E-state index contributed by atoms with van der Waals surface area (Å²) in [5, 5.41) is 0. The van der Waals surface area contributed by atoms with Crippen LogP contribution in [0.3, 0.4) is 0 Å². The molecule has 4 bridgehead atoms. The molecule has 0 amide bonds. The Labute approximate surface area is 419 Å². The van der Waals surface area contributed by atoms with Gasteiger partial charge in [0.2, 0.25) is 0 Å². The largest absolute Gasteiger partial charge is 0.309 e. The molecule has 344 valence electrons. The van der Waals surface area contributed by atoms with Crippen LogP contribution in [-0.4, -0.2) is 0 Å². The molecule has 0 aromatic heterocycles. The Morgan fingerprint density at radius 2 is 0.845 bits per heavy atom. The molecule has 1 heteroatoms. The lowest BCUT2D eigenvalue weighted by atomic mass is 9.43. The third kappa shape index (κ3) is 5.48. The first-order valence-electron chi connectivity index (χ1n) is 26.5. The molecular formula is C70H59N. The average molecular weight is 914 g/mol. The fraction of sp³-hybridized carbons (Fsp3) is 0.229. The van der Waals surface area contributed by atoms with Gasteiger partial charge >= 0.3 is 0 Å². The lowest BCUT2D eigenvalue weighted by Crippen LogP contribution is -2.55. The molecule has 9 aromatic rings. The standard InChI is InChI=1S/C70H59N/c1-43-31-33-58-62(35-43)68(3,4)63-36-44(2)32-34-59(63)70(58)57-26-13-11-24-55(57)67-61(70)28-16-30-65(67)71(51-20-14-19-48(42-51)53-22-9-8-21-52(53)47-17-6-5-7-18-47)64-29-15-27-60-66(64)54-23-10-12-25-56(54)69(60)49-38-45-37-46(40-49)41-50(69)39-45/h5-36,42,45-46,49-50H,37-41H2,1-4H3. The van der Waals surface area contributed by atoms with Gasteiger partial charge in [-0.05, 0) is 172 Å². The van der Waals surface area contributed by atoms with E-state index in [4.69, 9.17) is 0 Å². The highest BCUT2D eigenvalue weighted by Crippen LogP contribution is 2.71. The molecule has 9 aromatic carbocycles. The van der Waals surface area contributed by atoms with E-state index < -0.39 is 5.41 Å². The number of hydrogen-bond donors (Lipinski definition) is 0. The Balaban J connectivity index is 1.04. The SMILES string of the molecule is Cc1ccc2c(c1)C(C)(C)c1cc(C)ccc1C21c2ccccc2-c2c(N(c3cccc(-c4ccccc4-c4ccccc4)c3)c3cccc4c3-c3ccccc3C43C4CC5CC(C4)CC3C5)cccc21. The number of rotatable bonds is 5. The number of fused-ring (bicyclic) bond motifs is 12. The van der Waals surface area contributed by atoms with E-state index in [1.807, 2.05) is 0 Å². The van der Waals surface area contributed by atoms with Crippen LogP contribution in [0.5, 0.6) is 0 Å². The normalized spacial score (nSPS) is 22.6. The summed E-state index contributed by atoms with van der Waals surface area (Å²) >= 11 is 0. The molecule has 7 aliphatic rings. The number of anilines is 3. The van der Waals surface area contributed by atoms with Crippen LogP contribution in [0.2, 0.25) is 0 Å². The number of benzene rings is 9. The van der Waals surface area contributed by atoms with Crippen molar-refractivity contribution in [2.75, 3.05) is 4.90 Å². The Hall–Kier alpha value is -7.22. The van der Waals surface area contributed by atoms with E-state index in [1.165, 1.54) is 138 Å². The quantitative estimate of drug-likeness (QED) is 0.166. The number of hydrogen-bond acceptors (Lipinski definition) is 1. The zero-order valence-electron chi connectivity index (χ0n) is 41.3. The van der Waals surface area contributed by atoms with Gasteiger partial charge in [-0.15, -0.1) is 0 Å². The molecule has 4 saturated carbocycles. The first-order valence-corrected chi connectivity index (χ1v) is 26.5. The van der Waals surface area contributed by atoms with E-state index in [1.54, 1.807) is 11.1 Å². The smallest absolute Gasteiger partial charge is 0.0720 e. The summed E-state index contributed by atoms with van der Waals surface area (Å²) in [6.45, 7) is 9.42. The summed E-state index contributed by atoms with van der Waals surface area (Å²) in [4.78, 5) is 2.70. The molecule has 7 aliphatic carbocycles. The van der Waals surface area contributed by atoms with Crippen LogP contribution < -0.4 is 4.90 Å². The van der Waals surface area contributed by atoms with Crippen molar-refractivity contribution < 1.29 is 0 Å². The topological polar surface area (TPSA) is 3.24 Å². The summed E-state index contributed by atoms with van der Waals surface area (Å²) in [5.41, 5.74) is 27.6. The Morgan fingerprint density at radius 3 is 1.48 bits per heavy atom. The molecule has 0 aliphatic heterocycles. The van der Waals surface area contributed by atoms with Gasteiger partial charge in [0, 0.05) is 27.6 Å². The van der Waals surface area contributed by atoms with E-state index in [0.29, 0.717) is 11.8 Å². The lowest BCUT2D eigenvalue weighted by Gasteiger charge is -2.61. The predicted octanol–water partition coefficient (Wildman–Crippen LogP) is 17.8. The summed E-state index contributed by atoms with van der Waals surface area (Å²) < 4.78 is 0. The first-order chi connectivity index (χ1) is 34.8. The maximum Gasteiger partial charge on any atom is 0.0720 e. The molecule has 1 nitrogen and oxygen atoms in total. The van der Waals surface area contributed by atoms with Crippen molar-refractivity contribution in [1.29, 1.82) is 0 Å². The molecule has 4 fully saturated rings. The Kier molecular flexibility index (Phi) is 8.72. The van der Waals surface area contributed by atoms with Gasteiger partial charge in [-0.25, -0.2) is 0 Å². The molecule has 16 rings (SSSR count). The molecule has 0 radical (unpaired) electrons. The van der Waals surface area contributed by atoms with Gasteiger partial charge in [0.15, 0.2) is 0 Å². The summed E-state index contributed by atoms with van der Waals surface area (Å²) in [7, 11) is 0. The molecule has 0 heterocycles. The van der Waals surface area contributed by atoms with Crippen LogP contribution in [0, 0.1) is 37.5 Å². The van der Waals surface area contributed by atoms with Gasteiger partial charge in [0.05, 0.1) is 16.8 Å². The van der Waals surface area contributed by atoms with Crippen LogP contribution >= 0.6 is 0 Å². The molecule has 71 heavy (non-hydrogen) atoms. The van der Waals surface area contributed by atoms with Crippen LogP contribution in [0.25, 0.3) is 44.5 Å². The van der Waals surface area contributed by atoms with Gasteiger partial charge in [-0.2, -0.15) is 0 Å². The van der Waals surface area contributed by atoms with Crippen LogP contribution in [0.4, 0.5) is 17.1 Å². The summed E-state index contributed by atoms with van der Waals surface area (Å²) in [6.07, 6.45) is 6.90. The van der Waals surface area contributed by atoms with E-state index in [2.05, 4.69) is 233 Å². The van der Waals surface area contributed by atoms with Gasteiger partial charge in [-0.1, -0.05) is 201 Å². The minimum atomic E-state index is -0.513. The molecule has 0 unspecified atom stereocenters. The van der Waals surface area contributed by atoms with Crippen LogP contribution in [0.15, 0.2) is 200 Å². The van der Waals surface area contributed by atoms with Gasteiger partial charge in [0.1, 0.15) is 0 Å². The highest BCUT2D eigenvalue weighted by atomic mass is 15.1. The van der Waals surface area contributed by atoms with Crippen molar-refractivity contribution in [1.82, 2.24) is 0 Å². The zero-order chi connectivity index (χ0) is 47.4. The minimum absolute atomic E-state index is 0.0470. The number of nitrogens with zero attached hydrogens (tertiary/aromatic N) is 1. The fourth-order valence-corrected chi connectivity index (χ4v) is 16.6. The number of aryl methyl sites for hydroxylation is 2. The Morgan fingerprint density at radius 1 is 0.366 bits per heavy atom. The third-order valence-electron chi connectivity index (χ3n) is 19.0. The van der Waals surface area contributed by atoms with Crippen molar-refractivity contribution in [2.24, 2.45) is 23.7 Å². The molecule has 0 atom stereocenters. The monoisotopic (exact) mass is 913 g/mol. The second-order valence-corrected chi connectivity index (χ2v) is 22.9. The zero-order valence-corrected chi connectivity index (χ0v) is 41.3. The second kappa shape index (κ2) is 14.9. The summed E-state index contributed by atoms with van der Waals surface area (Å²) in [6, 6.07) is 77.8. The van der Waals surface area contributed by atoms with Crippen LogP contribution in [0.1, 0.15) is 102 Å². The van der Waals surface area contributed by atoms with E-state index in [9.17, 15) is 0 Å². The molecule has 2 spiro atoms. The highest BCUT2D eigenvalue weighted by molar-refractivity contribution is 6.02. The maximum atomic E-state index is 2.70. The predicted molar refractivity (Wildman–Crippen MR) is 294 cm³/mol. The van der Waals surface area contributed by atoms with Crippen molar-refractivity contribution in [3.8, 4) is 44.5 Å². The average Bonchev–Trinajstić information content (AvgIpc) is 3.87. The van der Waals surface area contributed by atoms with Gasteiger partial charge < -0.3 is 4.90 Å². The minimum Gasteiger partial charge on any atom is -0.309 e. The van der Waals surface area contributed by atoms with Crippen molar-refractivity contribution in [3.05, 3.63) is 256 Å². The van der Waals surface area contributed by atoms with E-state index >= 15 is 0 Å². The highest BCUT2D eigenvalue weighted by Gasteiger charge is 2.62. The van der Waals surface area contributed by atoms with E-state index in [-0.39, 0.29) is 10.8 Å². The fourth-order valence-electron chi connectivity index (χ4n) is 16.6. The third-order valence-corrected chi connectivity index (χ3v) is 19.0. The second-order valence-electron chi connectivity index (χ2n) is 22.9. The molecule has 0 saturated heterocycles. The first kappa shape index (κ1) is 41.6. The van der Waals surface area contributed by atoms with Gasteiger partial charge in [0.25, 0.3) is 0 Å². The Bertz CT molecular complexity index is 3600. The van der Waals surface area contributed by atoms with Gasteiger partial charge in [-0.3, -0.25) is 0 Å². The van der Waals surface area contributed by atoms with Crippen molar-refractivity contribution in [2.45, 2.75) is 76.0 Å². The lowest BCUT2D eigenvalue weighted by molar-refractivity contribution is -0.0399.